The highest BCUT2D eigenvalue weighted by molar-refractivity contribution is 5.14. The molecule has 0 spiro atoms. The van der Waals surface area contributed by atoms with Crippen molar-refractivity contribution in [2.45, 2.75) is 52.9 Å². The van der Waals surface area contributed by atoms with Gasteiger partial charge in [0.2, 0.25) is 0 Å². The zero-order valence-corrected chi connectivity index (χ0v) is 14.1. The molecular weight excluding hydrogens is 254 g/mol. The van der Waals surface area contributed by atoms with E-state index in [2.05, 4.69) is 56.4 Å². The van der Waals surface area contributed by atoms with Gasteiger partial charge in [-0.05, 0) is 74.4 Å². The fraction of sp³-hybridized carbons (Fsp3) is 0.700. The van der Waals surface area contributed by atoms with Crippen LogP contribution in [0.5, 0.6) is 0 Å². The smallest absolute Gasteiger partial charge is 0.00180 e. The molecule has 0 aromatic heterocycles. The fourth-order valence-corrected chi connectivity index (χ4v) is 3.92. The number of aryl methyl sites for hydroxylation is 1. The van der Waals surface area contributed by atoms with Crippen LogP contribution in [0.4, 0.5) is 0 Å². The van der Waals surface area contributed by atoms with Crippen LogP contribution in [-0.2, 0) is 6.42 Å². The molecule has 1 aliphatic carbocycles. The summed E-state index contributed by atoms with van der Waals surface area (Å²) in [5.74, 6) is 3.60. The molecule has 0 amide bonds. The number of hydrogen-bond acceptors (Lipinski definition) is 1. The van der Waals surface area contributed by atoms with Crippen LogP contribution in [-0.4, -0.2) is 13.1 Å². The van der Waals surface area contributed by atoms with E-state index < -0.39 is 0 Å². The third-order valence-corrected chi connectivity index (χ3v) is 5.43. The molecule has 1 nitrogen and oxygen atoms in total. The second-order valence-corrected chi connectivity index (χ2v) is 7.17. The Morgan fingerprint density at radius 3 is 2.52 bits per heavy atom. The van der Waals surface area contributed by atoms with Gasteiger partial charge in [0, 0.05) is 0 Å². The summed E-state index contributed by atoms with van der Waals surface area (Å²) in [4.78, 5) is 0. The van der Waals surface area contributed by atoms with E-state index >= 15 is 0 Å². The fourth-order valence-electron chi connectivity index (χ4n) is 3.92. The Bertz CT molecular complexity index is 384. The molecule has 0 bridgehead atoms. The molecule has 1 saturated carbocycles. The van der Waals surface area contributed by atoms with Gasteiger partial charge < -0.3 is 5.32 Å². The summed E-state index contributed by atoms with van der Waals surface area (Å²) in [5, 5.41) is 3.59. The van der Waals surface area contributed by atoms with Crippen LogP contribution in [0.3, 0.4) is 0 Å². The molecule has 1 heteroatoms. The molecule has 2 rings (SSSR count). The van der Waals surface area contributed by atoms with Crippen LogP contribution < -0.4 is 5.32 Å². The monoisotopic (exact) mass is 287 g/mol. The van der Waals surface area contributed by atoms with Crippen LogP contribution in [0.25, 0.3) is 0 Å². The van der Waals surface area contributed by atoms with Crippen molar-refractivity contribution in [1.82, 2.24) is 5.32 Å². The van der Waals surface area contributed by atoms with Crippen LogP contribution in [0.15, 0.2) is 30.3 Å². The van der Waals surface area contributed by atoms with Gasteiger partial charge in [-0.2, -0.15) is 0 Å². The average Bonchev–Trinajstić information content (AvgIpc) is 2.52. The van der Waals surface area contributed by atoms with Crippen molar-refractivity contribution in [3.05, 3.63) is 35.9 Å². The third-order valence-electron chi connectivity index (χ3n) is 5.43. The van der Waals surface area contributed by atoms with Crippen molar-refractivity contribution in [3.63, 3.8) is 0 Å². The van der Waals surface area contributed by atoms with E-state index in [1.165, 1.54) is 44.2 Å². The lowest BCUT2D eigenvalue weighted by atomic mass is 9.69. The Morgan fingerprint density at radius 2 is 1.86 bits per heavy atom. The van der Waals surface area contributed by atoms with Gasteiger partial charge in [-0.25, -0.2) is 0 Å². The first kappa shape index (κ1) is 16.5. The Kier molecular flexibility index (Phi) is 6.76. The largest absolute Gasteiger partial charge is 0.317 e. The SMILES string of the molecule is CCNCC1CCC(C(C)C)CC1CCc1ccccc1. The summed E-state index contributed by atoms with van der Waals surface area (Å²) in [7, 11) is 0. The van der Waals surface area contributed by atoms with Gasteiger partial charge in [0.1, 0.15) is 0 Å². The van der Waals surface area contributed by atoms with Crippen LogP contribution in [0.1, 0.15) is 52.0 Å². The van der Waals surface area contributed by atoms with Gasteiger partial charge in [0.05, 0.1) is 0 Å². The van der Waals surface area contributed by atoms with Crippen LogP contribution in [0, 0.1) is 23.7 Å². The summed E-state index contributed by atoms with van der Waals surface area (Å²) in [6, 6.07) is 11.0. The van der Waals surface area contributed by atoms with E-state index in [1.54, 1.807) is 0 Å². The lowest BCUT2D eigenvalue weighted by Gasteiger charge is -2.38. The summed E-state index contributed by atoms with van der Waals surface area (Å²) >= 11 is 0. The Morgan fingerprint density at radius 1 is 1.10 bits per heavy atom. The molecule has 3 atom stereocenters. The number of nitrogens with one attached hydrogen (secondary N) is 1. The number of rotatable bonds is 7. The molecular formula is C20H33N. The van der Waals surface area contributed by atoms with Crippen molar-refractivity contribution in [2.24, 2.45) is 23.7 Å². The van der Waals surface area contributed by atoms with E-state index in [9.17, 15) is 0 Å². The summed E-state index contributed by atoms with van der Waals surface area (Å²) in [6.45, 7) is 9.36. The topological polar surface area (TPSA) is 12.0 Å². The van der Waals surface area contributed by atoms with E-state index in [-0.39, 0.29) is 0 Å². The minimum atomic E-state index is 0.851. The van der Waals surface area contributed by atoms with Gasteiger partial charge in [-0.1, -0.05) is 51.1 Å². The standard InChI is InChI=1S/C20H33N/c1-4-21-15-20-13-12-18(16(2)3)14-19(20)11-10-17-8-6-5-7-9-17/h5-9,16,18-21H,4,10-15H2,1-3H3. The predicted molar refractivity (Wildman–Crippen MR) is 92.5 cm³/mol. The van der Waals surface area contributed by atoms with E-state index in [0.717, 1.165) is 30.2 Å². The second-order valence-electron chi connectivity index (χ2n) is 7.17. The van der Waals surface area contributed by atoms with Crippen LogP contribution >= 0.6 is 0 Å². The molecule has 0 saturated heterocycles. The summed E-state index contributed by atoms with van der Waals surface area (Å²) in [6.07, 6.45) is 6.92. The molecule has 118 valence electrons. The number of benzene rings is 1. The van der Waals surface area contributed by atoms with E-state index in [1.807, 2.05) is 0 Å². The first-order valence-electron chi connectivity index (χ1n) is 8.95. The highest BCUT2D eigenvalue weighted by atomic mass is 14.8. The van der Waals surface area contributed by atoms with Gasteiger partial charge in [-0.15, -0.1) is 0 Å². The van der Waals surface area contributed by atoms with Gasteiger partial charge in [0.25, 0.3) is 0 Å². The van der Waals surface area contributed by atoms with E-state index in [4.69, 9.17) is 0 Å². The number of hydrogen-bond donors (Lipinski definition) is 1. The zero-order chi connectivity index (χ0) is 15.1. The Balaban J connectivity index is 1.92. The van der Waals surface area contributed by atoms with Crippen molar-refractivity contribution >= 4 is 0 Å². The quantitative estimate of drug-likeness (QED) is 0.751. The Hall–Kier alpha value is -0.820. The molecule has 0 radical (unpaired) electrons. The highest BCUT2D eigenvalue weighted by Gasteiger charge is 2.31. The molecule has 1 N–H and O–H groups in total. The highest BCUT2D eigenvalue weighted by Crippen LogP contribution is 2.39. The second kappa shape index (κ2) is 8.58. The van der Waals surface area contributed by atoms with Crippen molar-refractivity contribution in [1.29, 1.82) is 0 Å². The zero-order valence-electron chi connectivity index (χ0n) is 14.1. The molecule has 1 aliphatic rings. The van der Waals surface area contributed by atoms with Gasteiger partial charge in [0.15, 0.2) is 0 Å². The summed E-state index contributed by atoms with van der Waals surface area (Å²) < 4.78 is 0. The predicted octanol–water partition coefficient (Wildman–Crippen LogP) is 4.92. The third kappa shape index (κ3) is 5.14. The maximum atomic E-state index is 3.59. The van der Waals surface area contributed by atoms with Crippen molar-refractivity contribution in [2.75, 3.05) is 13.1 Å². The summed E-state index contributed by atoms with van der Waals surface area (Å²) in [5.41, 5.74) is 1.51. The first-order chi connectivity index (χ1) is 10.2. The van der Waals surface area contributed by atoms with Gasteiger partial charge >= 0.3 is 0 Å². The maximum absolute atomic E-state index is 3.59. The van der Waals surface area contributed by atoms with Crippen molar-refractivity contribution < 1.29 is 0 Å². The average molecular weight is 287 g/mol. The molecule has 1 aromatic rings. The van der Waals surface area contributed by atoms with Crippen LogP contribution in [0.2, 0.25) is 0 Å². The minimum Gasteiger partial charge on any atom is -0.317 e. The molecule has 0 heterocycles. The lowest BCUT2D eigenvalue weighted by molar-refractivity contribution is 0.138. The molecule has 1 fully saturated rings. The molecule has 3 unspecified atom stereocenters. The Labute approximate surface area is 131 Å². The minimum absolute atomic E-state index is 0.851. The molecule has 21 heavy (non-hydrogen) atoms. The maximum Gasteiger partial charge on any atom is -0.00180 e. The van der Waals surface area contributed by atoms with Gasteiger partial charge in [-0.3, -0.25) is 0 Å². The lowest BCUT2D eigenvalue weighted by Crippen LogP contribution is -2.34. The molecule has 1 aromatic carbocycles. The first-order valence-corrected chi connectivity index (χ1v) is 8.95. The molecule has 0 aliphatic heterocycles. The van der Waals surface area contributed by atoms with Crippen molar-refractivity contribution in [3.8, 4) is 0 Å². The van der Waals surface area contributed by atoms with E-state index in [0.29, 0.717) is 0 Å². The normalized spacial score (nSPS) is 26.2.